The van der Waals surface area contributed by atoms with E-state index < -0.39 is 0 Å². The van der Waals surface area contributed by atoms with Crippen LogP contribution in [-0.2, 0) is 12.1 Å². The van der Waals surface area contributed by atoms with Gasteiger partial charge in [-0.05, 0) is 29.7 Å². The van der Waals surface area contributed by atoms with Crippen molar-refractivity contribution in [3.63, 3.8) is 0 Å². The summed E-state index contributed by atoms with van der Waals surface area (Å²) in [5.41, 5.74) is 5.76. The monoisotopic (exact) mass is 195 g/mol. The van der Waals surface area contributed by atoms with Crippen molar-refractivity contribution in [3.05, 3.63) is 5.82 Å². The summed E-state index contributed by atoms with van der Waals surface area (Å²) >= 11 is 0. The number of hydrogen-bond donors (Lipinski definition) is 1. The van der Waals surface area contributed by atoms with Gasteiger partial charge >= 0.3 is 0 Å². The smallest absolute Gasteiger partial charge is 0.165 e. The van der Waals surface area contributed by atoms with Gasteiger partial charge in [0.05, 0.1) is 12.1 Å². The Kier molecular flexibility index (Phi) is 2.50. The molecule has 0 saturated heterocycles. The van der Waals surface area contributed by atoms with Crippen LogP contribution in [0, 0.1) is 0 Å². The van der Waals surface area contributed by atoms with Crippen molar-refractivity contribution in [1.82, 2.24) is 20.2 Å². The SMILES string of the molecule is CCC1(n2nnnc2CN)CCCC1. The van der Waals surface area contributed by atoms with Crippen LogP contribution in [-0.4, -0.2) is 20.2 Å². The minimum atomic E-state index is 0.151. The lowest BCUT2D eigenvalue weighted by Crippen LogP contribution is -2.33. The van der Waals surface area contributed by atoms with Crippen molar-refractivity contribution < 1.29 is 0 Å². The molecule has 0 bridgehead atoms. The van der Waals surface area contributed by atoms with E-state index in [1.54, 1.807) is 0 Å². The van der Waals surface area contributed by atoms with Crippen LogP contribution in [0.1, 0.15) is 44.9 Å². The Labute approximate surface area is 83.7 Å². The summed E-state index contributed by atoms with van der Waals surface area (Å²) in [7, 11) is 0. The maximum atomic E-state index is 5.61. The number of tetrazole rings is 1. The minimum Gasteiger partial charge on any atom is -0.324 e. The Balaban J connectivity index is 2.35. The van der Waals surface area contributed by atoms with E-state index in [-0.39, 0.29) is 5.54 Å². The zero-order valence-corrected chi connectivity index (χ0v) is 8.61. The van der Waals surface area contributed by atoms with Crippen LogP contribution in [0.5, 0.6) is 0 Å². The third-order valence-electron chi connectivity index (χ3n) is 3.36. The number of nitrogens with two attached hydrogens (primary N) is 1. The lowest BCUT2D eigenvalue weighted by Gasteiger charge is -2.28. The van der Waals surface area contributed by atoms with Crippen molar-refractivity contribution in [1.29, 1.82) is 0 Å². The Morgan fingerprint density at radius 2 is 2.14 bits per heavy atom. The predicted molar refractivity (Wildman–Crippen MR) is 52.4 cm³/mol. The molecule has 0 unspecified atom stereocenters. The molecule has 1 aromatic rings. The van der Waals surface area contributed by atoms with E-state index >= 15 is 0 Å². The molecule has 78 valence electrons. The van der Waals surface area contributed by atoms with Gasteiger partial charge in [0.2, 0.25) is 0 Å². The standard InChI is InChI=1S/C9H17N5/c1-2-9(5-3-4-6-9)14-8(7-10)11-12-13-14/h2-7,10H2,1H3. The molecule has 1 saturated carbocycles. The third kappa shape index (κ3) is 1.32. The maximum Gasteiger partial charge on any atom is 0.165 e. The highest BCUT2D eigenvalue weighted by Crippen LogP contribution is 2.38. The van der Waals surface area contributed by atoms with E-state index in [1.807, 2.05) is 4.68 Å². The van der Waals surface area contributed by atoms with Gasteiger partial charge in [-0.1, -0.05) is 19.8 Å². The second-order valence-corrected chi connectivity index (χ2v) is 4.00. The van der Waals surface area contributed by atoms with Crippen LogP contribution in [0.3, 0.4) is 0 Å². The number of hydrogen-bond acceptors (Lipinski definition) is 4. The van der Waals surface area contributed by atoms with Gasteiger partial charge in [0, 0.05) is 0 Å². The van der Waals surface area contributed by atoms with Crippen LogP contribution in [0.2, 0.25) is 0 Å². The topological polar surface area (TPSA) is 69.6 Å². The lowest BCUT2D eigenvalue weighted by atomic mass is 9.94. The Bertz CT molecular complexity index is 300. The predicted octanol–water partition coefficient (Wildman–Crippen LogP) is 0.811. The first-order valence-corrected chi connectivity index (χ1v) is 5.30. The molecule has 2 rings (SSSR count). The Morgan fingerprint density at radius 3 is 2.71 bits per heavy atom. The maximum absolute atomic E-state index is 5.61. The summed E-state index contributed by atoms with van der Waals surface area (Å²) in [6.07, 6.45) is 6.00. The van der Waals surface area contributed by atoms with Crippen LogP contribution in [0.4, 0.5) is 0 Å². The highest BCUT2D eigenvalue weighted by molar-refractivity contribution is 4.94. The molecule has 2 N–H and O–H groups in total. The van der Waals surface area contributed by atoms with Gasteiger partial charge in [-0.25, -0.2) is 4.68 Å². The molecule has 5 nitrogen and oxygen atoms in total. The second kappa shape index (κ2) is 3.65. The molecule has 0 aromatic carbocycles. The van der Waals surface area contributed by atoms with E-state index in [1.165, 1.54) is 25.7 Å². The van der Waals surface area contributed by atoms with Gasteiger partial charge in [-0.2, -0.15) is 0 Å². The molecular formula is C9H17N5. The second-order valence-electron chi connectivity index (χ2n) is 4.00. The quantitative estimate of drug-likeness (QED) is 0.775. The van der Waals surface area contributed by atoms with Crippen molar-refractivity contribution in [2.45, 2.75) is 51.1 Å². The van der Waals surface area contributed by atoms with Gasteiger partial charge in [-0.3, -0.25) is 0 Å². The van der Waals surface area contributed by atoms with Crippen LogP contribution in [0.15, 0.2) is 0 Å². The van der Waals surface area contributed by atoms with Crippen LogP contribution < -0.4 is 5.73 Å². The molecular weight excluding hydrogens is 178 g/mol. The van der Waals surface area contributed by atoms with Crippen molar-refractivity contribution in [2.24, 2.45) is 5.73 Å². The van der Waals surface area contributed by atoms with E-state index in [2.05, 4.69) is 22.4 Å². The molecule has 14 heavy (non-hydrogen) atoms. The number of nitrogens with zero attached hydrogens (tertiary/aromatic N) is 4. The van der Waals surface area contributed by atoms with Crippen LogP contribution in [0.25, 0.3) is 0 Å². The molecule has 5 heteroatoms. The lowest BCUT2D eigenvalue weighted by molar-refractivity contribution is 0.240. The van der Waals surface area contributed by atoms with E-state index in [9.17, 15) is 0 Å². The highest BCUT2D eigenvalue weighted by Gasteiger charge is 2.36. The fraction of sp³-hybridized carbons (Fsp3) is 0.889. The zero-order chi connectivity index (χ0) is 10.0. The van der Waals surface area contributed by atoms with E-state index in [0.717, 1.165) is 12.2 Å². The first-order valence-electron chi connectivity index (χ1n) is 5.30. The zero-order valence-electron chi connectivity index (χ0n) is 8.61. The van der Waals surface area contributed by atoms with E-state index in [4.69, 9.17) is 5.73 Å². The molecule has 1 aliphatic carbocycles. The minimum absolute atomic E-state index is 0.151. The molecule has 0 aliphatic heterocycles. The average Bonchev–Trinajstić information content (AvgIpc) is 2.86. The van der Waals surface area contributed by atoms with Gasteiger partial charge in [0.1, 0.15) is 0 Å². The summed E-state index contributed by atoms with van der Waals surface area (Å²) in [4.78, 5) is 0. The average molecular weight is 195 g/mol. The molecule has 1 heterocycles. The largest absolute Gasteiger partial charge is 0.324 e. The van der Waals surface area contributed by atoms with Gasteiger partial charge < -0.3 is 5.73 Å². The van der Waals surface area contributed by atoms with Gasteiger partial charge in [-0.15, -0.1) is 5.10 Å². The number of aromatic nitrogens is 4. The molecule has 0 atom stereocenters. The summed E-state index contributed by atoms with van der Waals surface area (Å²) < 4.78 is 1.96. The summed E-state index contributed by atoms with van der Waals surface area (Å²) in [5, 5.41) is 11.8. The molecule has 1 fully saturated rings. The molecule has 1 aromatic heterocycles. The fourth-order valence-electron chi connectivity index (χ4n) is 2.45. The highest BCUT2D eigenvalue weighted by atomic mass is 15.6. The summed E-state index contributed by atoms with van der Waals surface area (Å²) in [5.74, 6) is 0.814. The normalized spacial score (nSPS) is 20.1. The Morgan fingerprint density at radius 1 is 1.43 bits per heavy atom. The Hall–Kier alpha value is -0.970. The van der Waals surface area contributed by atoms with Crippen molar-refractivity contribution in [3.8, 4) is 0 Å². The number of rotatable bonds is 3. The first-order chi connectivity index (χ1) is 6.82. The van der Waals surface area contributed by atoms with Crippen LogP contribution >= 0.6 is 0 Å². The molecule has 0 spiro atoms. The van der Waals surface area contributed by atoms with E-state index in [0.29, 0.717) is 6.54 Å². The molecule has 1 aliphatic rings. The summed E-state index contributed by atoms with van der Waals surface area (Å²) in [6, 6.07) is 0. The molecule has 0 radical (unpaired) electrons. The third-order valence-corrected chi connectivity index (χ3v) is 3.36. The van der Waals surface area contributed by atoms with Gasteiger partial charge in [0.15, 0.2) is 5.82 Å². The first kappa shape index (κ1) is 9.58. The van der Waals surface area contributed by atoms with Crippen molar-refractivity contribution in [2.75, 3.05) is 0 Å². The van der Waals surface area contributed by atoms with Gasteiger partial charge in [0.25, 0.3) is 0 Å². The summed E-state index contributed by atoms with van der Waals surface area (Å²) in [6.45, 7) is 2.63. The fourth-order valence-corrected chi connectivity index (χ4v) is 2.45. The molecule has 0 amide bonds. The van der Waals surface area contributed by atoms with Crippen molar-refractivity contribution >= 4 is 0 Å².